The average molecular weight is 386 g/mol. The second kappa shape index (κ2) is 9.28. The third-order valence-electron chi connectivity index (χ3n) is 5.56. The van der Waals surface area contributed by atoms with Gasteiger partial charge in [0.2, 0.25) is 6.79 Å². The molecule has 1 fully saturated rings. The molecule has 2 aromatic carbocycles. The van der Waals surface area contributed by atoms with Gasteiger partial charge in [-0.15, -0.1) is 0 Å². The van der Waals surface area contributed by atoms with E-state index in [1.807, 2.05) is 18.2 Å². The van der Waals surface area contributed by atoms with E-state index in [-0.39, 0.29) is 13.4 Å². The van der Waals surface area contributed by atoms with E-state index in [0.717, 1.165) is 12.3 Å². The maximum Gasteiger partial charge on any atom is 0.231 e. The Morgan fingerprint density at radius 3 is 2.68 bits per heavy atom. The molecule has 28 heavy (non-hydrogen) atoms. The van der Waals surface area contributed by atoms with Crippen LogP contribution in [0, 0.1) is 0 Å². The van der Waals surface area contributed by atoms with Gasteiger partial charge >= 0.3 is 0 Å². The van der Waals surface area contributed by atoms with Crippen LogP contribution in [0.1, 0.15) is 18.4 Å². The molecule has 0 unspecified atom stereocenters. The highest BCUT2D eigenvalue weighted by Crippen LogP contribution is 2.35. The molecule has 0 saturated carbocycles. The number of likely N-dealkylation sites (tertiary alicyclic amines) is 1. The van der Waals surface area contributed by atoms with E-state index in [1.54, 1.807) is 4.90 Å². The van der Waals surface area contributed by atoms with Gasteiger partial charge in [0.05, 0.1) is 19.1 Å². The molecule has 6 nitrogen and oxygen atoms in total. The molecule has 2 aromatic rings. The summed E-state index contributed by atoms with van der Waals surface area (Å²) in [5.74, 6) is 2.13. The molecular weight excluding hydrogens is 356 g/mol. The van der Waals surface area contributed by atoms with Crippen LogP contribution in [-0.4, -0.2) is 50.3 Å². The Bertz CT molecular complexity index is 747. The standard InChI is InChI=1S/C22H28N2O4/c25-19(15-26-20-6-7-21-22(12-20)28-16-27-21)13-23-18-8-10-24(11-9-18)14-17-4-2-1-3-5-17/h1-7,12,18-19,23,25H,8-11,13-16H2/p+2/t19-/m1/s1. The first-order valence-corrected chi connectivity index (χ1v) is 10.2. The van der Waals surface area contributed by atoms with E-state index in [9.17, 15) is 5.11 Å². The van der Waals surface area contributed by atoms with Gasteiger partial charge in [0.1, 0.15) is 31.5 Å². The average Bonchev–Trinajstić information content (AvgIpc) is 3.20. The van der Waals surface area contributed by atoms with Crippen molar-refractivity contribution in [3.8, 4) is 17.2 Å². The summed E-state index contributed by atoms with van der Waals surface area (Å²) in [5, 5.41) is 12.5. The van der Waals surface area contributed by atoms with E-state index < -0.39 is 6.10 Å². The lowest BCUT2D eigenvalue weighted by Gasteiger charge is -2.28. The van der Waals surface area contributed by atoms with Crippen molar-refractivity contribution in [2.45, 2.75) is 31.5 Å². The van der Waals surface area contributed by atoms with Crippen LogP contribution in [0.5, 0.6) is 17.2 Å². The number of rotatable bonds is 8. The molecule has 2 aliphatic rings. The number of nitrogens with two attached hydrogens (primary N) is 1. The highest BCUT2D eigenvalue weighted by molar-refractivity contribution is 5.46. The van der Waals surface area contributed by atoms with Crippen LogP contribution in [0.3, 0.4) is 0 Å². The topological polar surface area (TPSA) is 69.0 Å². The molecule has 0 bridgehead atoms. The number of hydrogen-bond donors (Lipinski definition) is 3. The summed E-state index contributed by atoms with van der Waals surface area (Å²) < 4.78 is 16.3. The van der Waals surface area contributed by atoms with E-state index >= 15 is 0 Å². The van der Waals surface area contributed by atoms with Crippen LogP contribution in [0.2, 0.25) is 0 Å². The molecule has 0 amide bonds. The van der Waals surface area contributed by atoms with E-state index in [2.05, 4.69) is 35.6 Å². The first kappa shape index (κ1) is 19.1. The molecule has 0 spiro atoms. The van der Waals surface area contributed by atoms with Crippen LogP contribution < -0.4 is 24.4 Å². The summed E-state index contributed by atoms with van der Waals surface area (Å²) in [5.41, 5.74) is 1.41. The Hall–Kier alpha value is -2.28. The fraction of sp³-hybridized carbons (Fsp3) is 0.455. The molecule has 4 rings (SSSR count). The Labute approximate surface area is 166 Å². The molecule has 0 radical (unpaired) electrons. The van der Waals surface area contributed by atoms with Crippen LogP contribution >= 0.6 is 0 Å². The Morgan fingerprint density at radius 2 is 1.86 bits per heavy atom. The number of aliphatic hydroxyl groups is 1. The summed E-state index contributed by atoms with van der Waals surface area (Å²) >= 11 is 0. The SMILES string of the molecule is O[C@H](C[NH2+]C1CC[NH+](Cc2ccccc2)CC1)COc1ccc2c(c1)OCO2. The predicted molar refractivity (Wildman–Crippen MR) is 105 cm³/mol. The molecule has 150 valence electrons. The van der Waals surface area contributed by atoms with Crippen molar-refractivity contribution in [3.05, 3.63) is 54.1 Å². The summed E-state index contributed by atoms with van der Waals surface area (Å²) in [7, 11) is 0. The van der Waals surface area contributed by atoms with Crippen LogP contribution in [0.4, 0.5) is 0 Å². The molecule has 2 aliphatic heterocycles. The molecule has 6 heteroatoms. The van der Waals surface area contributed by atoms with Crippen molar-refractivity contribution >= 4 is 0 Å². The molecular formula is C22H30N2O4+2. The van der Waals surface area contributed by atoms with Crippen molar-refractivity contribution in [1.29, 1.82) is 0 Å². The van der Waals surface area contributed by atoms with Gasteiger partial charge in [0.15, 0.2) is 11.5 Å². The number of nitrogens with one attached hydrogen (secondary N) is 1. The van der Waals surface area contributed by atoms with Gasteiger partial charge in [-0.2, -0.15) is 0 Å². The number of piperidine rings is 1. The van der Waals surface area contributed by atoms with E-state index in [4.69, 9.17) is 14.2 Å². The number of quaternary nitrogens is 2. The Balaban J connectivity index is 1.13. The van der Waals surface area contributed by atoms with E-state index in [0.29, 0.717) is 24.1 Å². The zero-order valence-electron chi connectivity index (χ0n) is 16.2. The van der Waals surface area contributed by atoms with Crippen molar-refractivity contribution in [1.82, 2.24) is 0 Å². The number of hydrogen-bond acceptors (Lipinski definition) is 4. The van der Waals surface area contributed by atoms with Gasteiger partial charge in [0, 0.05) is 24.5 Å². The lowest BCUT2D eigenvalue weighted by Crippen LogP contribution is -3.13. The second-order valence-corrected chi connectivity index (χ2v) is 7.70. The minimum Gasteiger partial charge on any atom is -0.491 e. The molecule has 0 aromatic heterocycles. The minimum absolute atomic E-state index is 0.252. The fourth-order valence-corrected chi connectivity index (χ4v) is 3.92. The van der Waals surface area contributed by atoms with Gasteiger partial charge in [-0.1, -0.05) is 30.3 Å². The lowest BCUT2D eigenvalue weighted by atomic mass is 10.0. The van der Waals surface area contributed by atoms with Crippen molar-refractivity contribution < 1.29 is 29.5 Å². The first-order valence-electron chi connectivity index (χ1n) is 10.2. The van der Waals surface area contributed by atoms with Crippen LogP contribution in [-0.2, 0) is 6.54 Å². The number of ether oxygens (including phenoxy) is 3. The Morgan fingerprint density at radius 1 is 1.07 bits per heavy atom. The summed E-state index contributed by atoms with van der Waals surface area (Å²) in [4.78, 5) is 1.66. The third-order valence-corrected chi connectivity index (χ3v) is 5.56. The van der Waals surface area contributed by atoms with Gasteiger partial charge in [0.25, 0.3) is 0 Å². The van der Waals surface area contributed by atoms with Gasteiger partial charge in [-0.3, -0.25) is 0 Å². The monoisotopic (exact) mass is 386 g/mol. The minimum atomic E-state index is -0.486. The number of aliphatic hydroxyl groups excluding tert-OH is 1. The molecule has 4 N–H and O–H groups in total. The molecule has 1 atom stereocenters. The smallest absolute Gasteiger partial charge is 0.231 e. The summed E-state index contributed by atoms with van der Waals surface area (Å²) in [6.45, 7) is 4.71. The number of fused-ring (bicyclic) bond motifs is 1. The zero-order chi connectivity index (χ0) is 19.2. The lowest BCUT2D eigenvalue weighted by molar-refractivity contribution is -0.926. The van der Waals surface area contributed by atoms with Crippen molar-refractivity contribution in [3.63, 3.8) is 0 Å². The van der Waals surface area contributed by atoms with Gasteiger partial charge < -0.3 is 29.5 Å². The highest BCUT2D eigenvalue weighted by Gasteiger charge is 2.25. The second-order valence-electron chi connectivity index (χ2n) is 7.70. The quantitative estimate of drug-likeness (QED) is 0.596. The van der Waals surface area contributed by atoms with Crippen LogP contribution in [0.25, 0.3) is 0 Å². The molecule has 1 saturated heterocycles. The molecule has 2 heterocycles. The van der Waals surface area contributed by atoms with Crippen molar-refractivity contribution in [2.75, 3.05) is 33.0 Å². The first-order chi connectivity index (χ1) is 13.8. The zero-order valence-corrected chi connectivity index (χ0v) is 16.2. The summed E-state index contributed by atoms with van der Waals surface area (Å²) in [6, 6.07) is 16.8. The van der Waals surface area contributed by atoms with E-state index in [1.165, 1.54) is 31.5 Å². The maximum absolute atomic E-state index is 10.3. The predicted octanol–water partition coefficient (Wildman–Crippen LogP) is -0.0341. The number of benzene rings is 2. The third kappa shape index (κ3) is 5.16. The largest absolute Gasteiger partial charge is 0.491 e. The van der Waals surface area contributed by atoms with Crippen molar-refractivity contribution in [2.24, 2.45) is 0 Å². The van der Waals surface area contributed by atoms with Gasteiger partial charge in [-0.05, 0) is 12.1 Å². The Kier molecular flexibility index (Phi) is 6.31. The highest BCUT2D eigenvalue weighted by atomic mass is 16.7. The van der Waals surface area contributed by atoms with Gasteiger partial charge in [-0.25, -0.2) is 0 Å². The normalized spacial score (nSPS) is 22.0. The fourth-order valence-electron chi connectivity index (χ4n) is 3.92. The summed E-state index contributed by atoms with van der Waals surface area (Å²) in [6.07, 6.45) is 1.90. The maximum atomic E-state index is 10.3. The van der Waals surface area contributed by atoms with Crippen LogP contribution in [0.15, 0.2) is 48.5 Å². The molecule has 0 aliphatic carbocycles.